The Morgan fingerprint density at radius 1 is 0.612 bits per heavy atom. The van der Waals surface area contributed by atoms with Gasteiger partial charge in [-0.2, -0.15) is 0 Å². The summed E-state index contributed by atoms with van der Waals surface area (Å²) in [5.74, 6) is -3.08. The van der Waals surface area contributed by atoms with E-state index in [1.54, 1.807) is 19.9 Å². The Kier molecular flexibility index (Phi) is 19.1. The molecule has 486 valence electrons. The van der Waals surface area contributed by atoms with Gasteiger partial charge in [-0.3, -0.25) is 0 Å². The number of fused-ring (bicyclic) bond motifs is 7. The molecule has 85 heavy (non-hydrogen) atoms. The highest BCUT2D eigenvalue weighted by atomic mass is 16.8. The summed E-state index contributed by atoms with van der Waals surface area (Å²) >= 11 is 0. The van der Waals surface area contributed by atoms with E-state index in [1.807, 2.05) is 20.8 Å². The van der Waals surface area contributed by atoms with Crippen LogP contribution in [0.1, 0.15) is 114 Å². The van der Waals surface area contributed by atoms with Crippen LogP contribution in [0.3, 0.4) is 0 Å². The molecular weight excluding hydrogens is 1120 g/mol. The van der Waals surface area contributed by atoms with Gasteiger partial charge in [0.15, 0.2) is 31.3 Å². The molecule has 9 rings (SSSR count). The lowest BCUT2D eigenvalue weighted by Gasteiger charge is -2.73. The summed E-state index contributed by atoms with van der Waals surface area (Å²) in [5.41, 5.74) is -3.59. The lowest BCUT2D eigenvalue weighted by Crippen LogP contribution is -2.74. The SMILES string of the molecule is CC=C(C)C(=O)OC1CC(C)(C)CC2C3=CCC4C5(C)CCC(OC6OC(C(=O)O)C(O)C(OC7OC(CO)C(O)C(O)C7OC7OC(C)C(O)C(O)C7O)C6OC6OC(CO)C(O)C(O)C6O)C(C)(C)C5CCC4(C)C3(C)C(O)C(O)C12CO. The highest BCUT2D eigenvalue weighted by molar-refractivity contribution is 5.87. The molecule has 4 aliphatic heterocycles. The summed E-state index contributed by atoms with van der Waals surface area (Å²) < 4.78 is 55.3. The maximum absolute atomic E-state index is 13.5. The van der Waals surface area contributed by atoms with Gasteiger partial charge in [0.2, 0.25) is 0 Å². The van der Waals surface area contributed by atoms with Gasteiger partial charge < -0.3 is 119 Å². The van der Waals surface area contributed by atoms with Crippen molar-refractivity contribution in [3.05, 3.63) is 23.3 Å². The molecule has 5 aliphatic carbocycles. The van der Waals surface area contributed by atoms with E-state index in [9.17, 15) is 86.2 Å². The molecule has 0 aromatic heterocycles. The minimum atomic E-state index is -2.29. The second-order valence-electron chi connectivity index (χ2n) is 27.9. The molecule has 0 aromatic rings. The fourth-order valence-corrected chi connectivity index (χ4v) is 17.3. The average Bonchev–Trinajstić information content (AvgIpc) is 0.703. The van der Waals surface area contributed by atoms with Gasteiger partial charge in [0, 0.05) is 11.0 Å². The molecule has 0 bridgehead atoms. The van der Waals surface area contributed by atoms with Gasteiger partial charge in [0.1, 0.15) is 91.6 Å². The normalized spacial score (nSPS) is 52.4. The number of aliphatic hydroxyl groups excluding tert-OH is 14. The second kappa shape index (κ2) is 24.3. The standard InChI is InChI=1S/C59H94O26/c1-11-23(2)49(76)80-32-19-54(4,5)18-26-25-12-13-30-56(8)16-15-31(55(6,7)29(56)14-17-57(30,9)58(25,10)46(72)47(73)59(26,32)22-62)81-53-45(85-51-40(70)37(67)34(64)27(20-60)78-51)42(41(71)43(83-53)48(74)75)82-52-44(38(68)35(65)28(21-61)79-52)84-50-39(69)36(66)33(63)24(3)77-50/h11-12,24,26-47,50-53,60-73H,13-22H2,1-10H3,(H,74,75). The molecule has 4 saturated carbocycles. The zero-order valence-corrected chi connectivity index (χ0v) is 50.0. The minimum absolute atomic E-state index is 0.129. The van der Waals surface area contributed by atoms with Crippen molar-refractivity contribution < 1.29 is 129 Å². The third kappa shape index (κ3) is 10.8. The number of carboxylic acids is 1. The number of esters is 1. The monoisotopic (exact) mass is 1220 g/mol. The zero-order valence-electron chi connectivity index (χ0n) is 50.0. The first kappa shape index (κ1) is 66.9. The Morgan fingerprint density at radius 3 is 1.78 bits per heavy atom. The van der Waals surface area contributed by atoms with E-state index < -0.39 is 217 Å². The number of aliphatic carboxylic acids is 1. The molecule has 4 saturated heterocycles. The van der Waals surface area contributed by atoms with E-state index in [2.05, 4.69) is 33.8 Å². The van der Waals surface area contributed by atoms with Crippen LogP contribution >= 0.6 is 0 Å². The molecule has 15 N–H and O–H groups in total. The average molecular weight is 1220 g/mol. The van der Waals surface area contributed by atoms with E-state index in [0.717, 1.165) is 5.57 Å². The number of hydrogen-bond donors (Lipinski definition) is 15. The Labute approximate surface area is 494 Å². The number of rotatable bonds is 14. The largest absolute Gasteiger partial charge is 0.479 e. The van der Waals surface area contributed by atoms with Crippen LogP contribution < -0.4 is 0 Å². The number of carbonyl (C=O) groups excluding carboxylic acids is 1. The lowest BCUT2D eigenvalue weighted by atomic mass is 9.32. The van der Waals surface area contributed by atoms with Crippen LogP contribution in [0, 0.1) is 50.2 Å². The van der Waals surface area contributed by atoms with Crippen molar-refractivity contribution in [2.75, 3.05) is 19.8 Å². The summed E-state index contributed by atoms with van der Waals surface area (Å²) in [4.78, 5) is 26.7. The van der Waals surface area contributed by atoms with E-state index in [1.165, 1.54) is 6.92 Å². The number of carbonyl (C=O) groups is 2. The number of aliphatic hydroxyl groups is 14. The molecule has 0 spiro atoms. The third-order valence-corrected chi connectivity index (χ3v) is 22.6. The molecule has 9 aliphatic rings. The Balaban J connectivity index is 1.05. The topological polar surface area (TPSA) is 421 Å². The first-order valence-corrected chi connectivity index (χ1v) is 30.0. The third-order valence-electron chi connectivity index (χ3n) is 22.6. The molecule has 31 unspecified atom stereocenters. The van der Waals surface area contributed by atoms with Gasteiger partial charge in [-0.1, -0.05) is 66.2 Å². The Hall–Kier alpha value is -2.46. The minimum Gasteiger partial charge on any atom is -0.479 e. The second-order valence-corrected chi connectivity index (χ2v) is 27.9. The van der Waals surface area contributed by atoms with Crippen molar-refractivity contribution in [3.8, 4) is 0 Å². The summed E-state index contributed by atoms with van der Waals surface area (Å²) in [6.45, 7) is 16.9. The summed E-state index contributed by atoms with van der Waals surface area (Å²) in [6, 6.07) is 0. The van der Waals surface area contributed by atoms with Crippen LogP contribution in [0.25, 0.3) is 0 Å². The van der Waals surface area contributed by atoms with E-state index in [-0.39, 0.29) is 18.3 Å². The van der Waals surface area contributed by atoms with Crippen LogP contribution in [0.4, 0.5) is 0 Å². The van der Waals surface area contributed by atoms with Crippen LogP contribution in [0.15, 0.2) is 23.3 Å². The van der Waals surface area contributed by atoms with Crippen molar-refractivity contribution in [1.82, 2.24) is 0 Å². The number of allylic oxidation sites excluding steroid dienone is 2. The fourth-order valence-electron chi connectivity index (χ4n) is 17.3. The predicted octanol–water partition coefficient (Wildman–Crippen LogP) is -2.01. The first-order chi connectivity index (χ1) is 39.7. The highest BCUT2D eigenvalue weighted by Gasteiger charge is 2.75. The lowest BCUT2D eigenvalue weighted by molar-refractivity contribution is -0.406. The molecule has 8 fully saturated rings. The number of hydrogen-bond acceptors (Lipinski definition) is 25. The smallest absolute Gasteiger partial charge is 0.335 e. The predicted molar refractivity (Wildman–Crippen MR) is 289 cm³/mol. The molecule has 0 aromatic carbocycles. The van der Waals surface area contributed by atoms with Gasteiger partial charge in [0.25, 0.3) is 0 Å². The molecule has 4 heterocycles. The Morgan fingerprint density at radius 2 is 1.18 bits per heavy atom. The van der Waals surface area contributed by atoms with E-state index in [0.29, 0.717) is 44.1 Å². The zero-order chi connectivity index (χ0) is 62.7. The molecular formula is C59H94O26. The molecule has 0 amide bonds. The van der Waals surface area contributed by atoms with Gasteiger partial charge in [-0.25, -0.2) is 9.59 Å². The van der Waals surface area contributed by atoms with Crippen molar-refractivity contribution in [2.24, 2.45) is 50.2 Å². The van der Waals surface area contributed by atoms with Crippen molar-refractivity contribution in [3.63, 3.8) is 0 Å². The molecule has 26 heteroatoms. The van der Waals surface area contributed by atoms with Gasteiger partial charge in [-0.15, -0.1) is 0 Å². The quantitative estimate of drug-likeness (QED) is 0.0387. The Bertz CT molecular complexity index is 2460. The van der Waals surface area contributed by atoms with E-state index in [4.69, 9.17) is 42.6 Å². The van der Waals surface area contributed by atoms with Gasteiger partial charge in [-0.05, 0) is 105 Å². The van der Waals surface area contributed by atoms with Crippen LogP contribution in [-0.4, -0.2) is 256 Å². The summed E-state index contributed by atoms with van der Waals surface area (Å²) in [7, 11) is 0. The summed E-state index contributed by atoms with van der Waals surface area (Å²) in [5, 5.41) is 168. The van der Waals surface area contributed by atoms with Gasteiger partial charge >= 0.3 is 11.9 Å². The molecule has 0 radical (unpaired) electrons. The van der Waals surface area contributed by atoms with Crippen LogP contribution in [-0.2, 0) is 52.2 Å². The first-order valence-electron chi connectivity index (χ1n) is 30.0. The van der Waals surface area contributed by atoms with Crippen LogP contribution in [0.2, 0.25) is 0 Å². The van der Waals surface area contributed by atoms with Gasteiger partial charge in [0.05, 0.1) is 49.7 Å². The maximum atomic E-state index is 13.5. The van der Waals surface area contributed by atoms with Crippen molar-refractivity contribution in [1.29, 1.82) is 0 Å². The molecule has 31 atom stereocenters. The van der Waals surface area contributed by atoms with E-state index >= 15 is 0 Å². The highest BCUT2D eigenvalue weighted by Crippen LogP contribution is 2.76. The fraction of sp³-hybridized carbons (Fsp3) is 0.898. The van der Waals surface area contributed by atoms with Crippen molar-refractivity contribution >= 4 is 11.9 Å². The molecule has 26 nitrogen and oxygen atoms in total. The van der Waals surface area contributed by atoms with Crippen molar-refractivity contribution in [2.45, 2.75) is 261 Å². The number of ether oxygens (including phenoxy) is 9. The maximum Gasteiger partial charge on any atom is 0.335 e. The van der Waals surface area contributed by atoms with Crippen LogP contribution in [0.5, 0.6) is 0 Å². The summed E-state index contributed by atoms with van der Waals surface area (Å²) in [6.07, 6.45) is -35.6. The number of carboxylic acid groups (broad SMARTS) is 1.